The van der Waals surface area contributed by atoms with Crippen molar-refractivity contribution in [3.05, 3.63) is 253 Å². The SMILES string of the molecule is c1ccc(C2=NC(c3cccc(-c4cccc5c4oc4c(-n6c7ccccc7c7cc(-c8ccc9c(c8)c8ccccc8n9-c8ccccc8)ccc76)cccc45)c3)NC(c3ccccc3)=N2)cc1. The summed E-state index contributed by atoms with van der Waals surface area (Å²) in [6, 6.07) is 83.9. The lowest BCUT2D eigenvalue weighted by Crippen LogP contribution is -2.33. The van der Waals surface area contributed by atoms with Gasteiger partial charge in [-0.25, -0.2) is 9.98 Å². The van der Waals surface area contributed by atoms with Gasteiger partial charge in [0.1, 0.15) is 17.6 Å². The third kappa shape index (κ3) is 6.34. The molecule has 0 radical (unpaired) electrons. The molecular formula is C63H41N5O. The number of benzene rings is 10. The molecule has 1 unspecified atom stereocenters. The maximum Gasteiger partial charge on any atom is 0.159 e. The van der Waals surface area contributed by atoms with Crippen LogP contribution in [0.25, 0.3) is 99.2 Å². The van der Waals surface area contributed by atoms with Gasteiger partial charge >= 0.3 is 0 Å². The van der Waals surface area contributed by atoms with Crippen LogP contribution < -0.4 is 5.32 Å². The molecule has 14 rings (SSSR count). The molecule has 1 atom stereocenters. The quantitative estimate of drug-likeness (QED) is 0.173. The Labute approximate surface area is 397 Å². The molecule has 4 heterocycles. The Kier molecular flexibility index (Phi) is 8.86. The fourth-order valence-electron chi connectivity index (χ4n) is 10.6. The molecule has 0 saturated heterocycles. The first kappa shape index (κ1) is 39.0. The minimum absolute atomic E-state index is 0.352. The van der Waals surface area contributed by atoms with Crippen LogP contribution in [0.3, 0.4) is 0 Å². The monoisotopic (exact) mass is 883 g/mol. The van der Waals surface area contributed by atoms with E-state index in [9.17, 15) is 0 Å². The smallest absolute Gasteiger partial charge is 0.159 e. The molecule has 0 fully saturated rings. The Morgan fingerprint density at radius 2 is 0.913 bits per heavy atom. The van der Waals surface area contributed by atoms with Gasteiger partial charge in [-0.05, 0) is 82.9 Å². The Morgan fingerprint density at radius 3 is 1.62 bits per heavy atom. The highest BCUT2D eigenvalue weighted by Gasteiger charge is 2.24. The van der Waals surface area contributed by atoms with Gasteiger partial charge in [0, 0.05) is 54.7 Å². The summed E-state index contributed by atoms with van der Waals surface area (Å²) >= 11 is 0. The van der Waals surface area contributed by atoms with E-state index in [0.717, 1.165) is 78.0 Å². The van der Waals surface area contributed by atoms with Gasteiger partial charge in [-0.2, -0.15) is 0 Å². The lowest BCUT2D eigenvalue weighted by Gasteiger charge is -2.24. The van der Waals surface area contributed by atoms with Crippen molar-refractivity contribution in [1.82, 2.24) is 14.5 Å². The summed E-state index contributed by atoms with van der Waals surface area (Å²) < 4.78 is 11.9. The third-order valence-electron chi connectivity index (χ3n) is 13.8. The first-order chi connectivity index (χ1) is 34.2. The van der Waals surface area contributed by atoms with Crippen molar-refractivity contribution in [3.63, 3.8) is 0 Å². The Morgan fingerprint density at radius 1 is 0.377 bits per heavy atom. The van der Waals surface area contributed by atoms with Crippen molar-refractivity contribution in [1.29, 1.82) is 0 Å². The van der Waals surface area contributed by atoms with Crippen LogP contribution in [-0.4, -0.2) is 20.8 Å². The lowest BCUT2D eigenvalue weighted by molar-refractivity contribution is 0.667. The van der Waals surface area contributed by atoms with Gasteiger partial charge in [-0.3, -0.25) is 0 Å². The number of fused-ring (bicyclic) bond motifs is 9. The molecular weight excluding hydrogens is 843 g/mol. The van der Waals surface area contributed by atoms with Crippen LogP contribution in [0.15, 0.2) is 251 Å². The number of hydrogen-bond acceptors (Lipinski definition) is 4. The molecule has 0 amide bonds. The topological polar surface area (TPSA) is 59.8 Å². The van der Waals surface area contributed by atoms with Crippen molar-refractivity contribution in [2.45, 2.75) is 6.17 Å². The molecule has 0 spiro atoms. The number of furan rings is 1. The predicted octanol–water partition coefficient (Wildman–Crippen LogP) is 15.6. The summed E-state index contributed by atoms with van der Waals surface area (Å²) in [6.07, 6.45) is -0.352. The number of para-hydroxylation sites is 5. The molecule has 69 heavy (non-hydrogen) atoms. The second-order valence-electron chi connectivity index (χ2n) is 17.8. The molecule has 1 aliphatic heterocycles. The summed E-state index contributed by atoms with van der Waals surface area (Å²) in [6.45, 7) is 0. The number of nitrogens with one attached hydrogen (secondary N) is 1. The van der Waals surface area contributed by atoms with Gasteiger partial charge < -0.3 is 18.9 Å². The molecule has 0 bridgehead atoms. The molecule has 3 aromatic heterocycles. The van der Waals surface area contributed by atoms with Gasteiger partial charge in [0.05, 0.1) is 27.8 Å². The van der Waals surface area contributed by atoms with E-state index in [1.165, 1.54) is 43.7 Å². The first-order valence-corrected chi connectivity index (χ1v) is 23.4. The van der Waals surface area contributed by atoms with Crippen LogP contribution in [0.1, 0.15) is 22.9 Å². The van der Waals surface area contributed by atoms with Gasteiger partial charge in [-0.15, -0.1) is 0 Å². The summed E-state index contributed by atoms with van der Waals surface area (Å²) in [4.78, 5) is 10.2. The van der Waals surface area contributed by atoms with Crippen molar-refractivity contribution in [2.75, 3.05) is 0 Å². The number of amidine groups is 2. The molecule has 10 aromatic carbocycles. The van der Waals surface area contributed by atoms with E-state index in [1.807, 2.05) is 36.4 Å². The van der Waals surface area contributed by atoms with Gasteiger partial charge in [0.25, 0.3) is 0 Å². The molecule has 1 N–H and O–H groups in total. The summed E-state index contributed by atoms with van der Waals surface area (Å²) in [5.74, 6) is 1.49. The number of nitrogens with zero attached hydrogens (tertiary/aromatic N) is 4. The van der Waals surface area contributed by atoms with E-state index < -0.39 is 0 Å². The van der Waals surface area contributed by atoms with E-state index in [2.05, 4.69) is 215 Å². The number of hydrogen-bond donors (Lipinski definition) is 1. The number of rotatable bonds is 7. The molecule has 324 valence electrons. The van der Waals surface area contributed by atoms with Crippen molar-refractivity contribution >= 4 is 77.2 Å². The summed E-state index contributed by atoms with van der Waals surface area (Å²) in [7, 11) is 0. The Balaban J connectivity index is 0.875. The first-order valence-electron chi connectivity index (χ1n) is 23.4. The van der Waals surface area contributed by atoms with E-state index in [1.54, 1.807) is 0 Å². The number of aliphatic imine (C=N–C) groups is 2. The highest BCUT2D eigenvalue weighted by molar-refractivity contribution is 6.16. The zero-order chi connectivity index (χ0) is 45.4. The lowest BCUT2D eigenvalue weighted by atomic mass is 9.99. The Hall–Kier alpha value is -9.26. The van der Waals surface area contributed by atoms with Crippen LogP contribution in [-0.2, 0) is 0 Å². The van der Waals surface area contributed by atoms with E-state index in [-0.39, 0.29) is 6.17 Å². The van der Waals surface area contributed by atoms with Crippen LogP contribution in [0.2, 0.25) is 0 Å². The average molecular weight is 884 g/mol. The average Bonchev–Trinajstić information content (AvgIpc) is 4.09. The number of aromatic nitrogens is 2. The molecule has 1 aliphatic rings. The van der Waals surface area contributed by atoms with Crippen LogP contribution in [0.4, 0.5) is 0 Å². The van der Waals surface area contributed by atoms with Gasteiger partial charge in [0.2, 0.25) is 0 Å². The van der Waals surface area contributed by atoms with Gasteiger partial charge in [-0.1, -0.05) is 176 Å². The highest BCUT2D eigenvalue weighted by atomic mass is 16.3. The fraction of sp³-hybridized carbons (Fsp3) is 0.0159. The van der Waals surface area contributed by atoms with E-state index >= 15 is 0 Å². The standard InChI is InChI=1S/C63H41N5O/c1-4-17-40(18-5-1)61-64-62(41-19-6-2-7-20-41)66-63(65-61)45-22-14-21-44(37-45)47-27-15-28-50-51-29-16-32-58(60(51)69-59(47)50)68-55-31-13-11-26-49(55)53-39-43(34-36-57(53)68)42-33-35-56-52(38-42)48-25-10-12-30-54(48)67(56)46-23-8-3-9-24-46/h1-39,63H,(H,64,65,66). The zero-order valence-corrected chi connectivity index (χ0v) is 37.3. The van der Waals surface area contributed by atoms with Gasteiger partial charge in [0.15, 0.2) is 11.4 Å². The minimum Gasteiger partial charge on any atom is -0.453 e. The minimum atomic E-state index is -0.352. The molecule has 0 aliphatic carbocycles. The largest absolute Gasteiger partial charge is 0.453 e. The molecule has 13 aromatic rings. The van der Waals surface area contributed by atoms with Crippen molar-refractivity contribution in [2.24, 2.45) is 9.98 Å². The fourth-order valence-corrected chi connectivity index (χ4v) is 10.6. The second-order valence-corrected chi connectivity index (χ2v) is 17.8. The molecule has 0 saturated carbocycles. The van der Waals surface area contributed by atoms with Crippen molar-refractivity contribution in [3.8, 4) is 33.6 Å². The second kappa shape index (κ2) is 15.7. The maximum absolute atomic E-state index is 7.14. The molecule has 6 heteroatoms. The Bertz CT molecular complexity index is 4220. The van der Waals surface area contributed by atoms with Crippen molar-refractivity contribution < 1.29 is 4.42 Å². The maximum atomic E-state index is 7.14. The van der Waals surface area contributed by atoms with E-state index in [4.69, 9.17) is 14.4 Å². The normalized spacial score (nSPS) is 13.9. The summed E-state index contributed by atoms with van der Waals surface area (Å²) in [5.41, 5.74) is 15.9. The highest BCUT2D eigenvalue weighted by Crippen LogP contribution is 2.43. The molecule has 6 nitrogen and oxygen atoms in total. The zero-order valence-electron chi connectivity index (χ0n) is 37.3. The summed E-state index contributed by atoms with van der Waals surface area (Å²) in [5, 5.41) is 10.6. The predicted molar refractivity (Wildman–Crippen MR) is 285 cm³/mol. The van der Waals surface area contributed by atoms with Crippen LogP contribution >= 0.6 is 0 Å². The van der Waals surface area contributed by atoms with E-state index in [0.29, 0.717) is 5.84 Å². The van der Waals surface area contributed by atoms with Crippen LogP contribution in [0, 0.1) is 0 Å². The third-order valence-corrected chi connectivity index (χ3v) is 13.8. The van der Waals surface area contributed by atoms with Crippen LogP contribution in [0.5, 0.6) is 0 Å².